The zero-order valence-corrected chi connectivity index (χ0v) is 14.3. The number of hydrogen-bond donors (Lipinski definition) is 1. The summed E-state index contributed by atoms with van der Waals surface area (Å²) in [4.78, 5) is 0.331. The van der Waals surface area contributed by atoms with Crippen LogP contribution in [0.25, 0.3) is 0 Å². The monoisotopic (exact) mass is 330 g/mol. The fourth-order valence-corrected chi connectivity index (χ4v) is 5.15. The van der Waals surface area contributed by atoms with Crippen LogP contribution in [0.2, 0.25) is 5.02 Å². The van der Waals surface area contributed by atoms with E-state index in [0.29, 0.717) is 16.5 Å². The lowest BCUT2D eigenvalue weighted by molar-refractivity contribution is 0.204. The fourth-order valence-electron chi connectivity index (χ4n) is 3.03. The molecule has 118 valence electrons. The van der Waals surface area contributed by atoms with Crippen LogP contribution in [0.5, 0.6) is 0 Å². The summed E-state index contributed by atoms with van der Waals surface area (Å²) in [5.41, 5.74) is 0.803. The molecule has 0 aromatic heterocycles. The van der Waals surface area contributed by atoms with Crippen molar-refractivity contribution in [3.63, 3.8) is 0 Å². The van der Waals surface area contributed by atoms with Crippen molar-refractivity contribution in [3.05, 3.63) is 28.8 Å². The molecule has 2 rings (SSSR count). The summed E-state index contributed by atoms with van der Waals surface area (Å²) in [6.45, 7) is 4.52. The minimum absolute atomic E-state index is 0.0437. The van der Waals surface area contributed by atoms with E-state index in [2.05, 4.69) is 5.32 Å². The van der Waals surface area contributed by atoms with Gasteiger partial charge in [-0.2, -0.15) is 4.31 Å². The third kappa shape index (κ3) is 3.42. The Morgan fingerprint density at radius 3 is 2.48 bits per heavy atom. The first-order chi connectivity index (χ1) is 9.87. The Labute approximate surface area is 132 Å². The van der Waals surface area contributed by atoms with Gasteiger partial charge in [-0.05, 0) is 57.5 Å². The van der Waals surface area contributed by atoms with Crippen molar-refractivity contribution in [2.45, 2.75) is 56.6 Å². The maximum atomic E-state index is 12.9. The Morgan fingerprint density at radius 1 is 1.29 bits per heavy atom. The van der Waals surface area contributed by atoms with E-state index in [4.69, 9.17) is 11.6 Å². The molecule has 1 aliphatic heterocycles. The van der Waals surface area contributed by atoms with Crippen LogP contribution in [0.15, 0.2) is 23.1 Å². The number of nitrogens with one attached hydrogen (secondary N) is 1. The van der Waals surface area contributed by atoms with Gasteiger partial charge in [-0.15, -0.1) is 0 Å². The van der Waals surface area contributed by atoms with Gasteiger partial charge in [-0.3, -0.25) is 0 Å². The van der Waals surface area contributed by atoms with Crippen molar-refractivity contribution in [1.82, 2.24) is 9.62 Å². The van der Waals surface area contributed by atoms with Crippen molar-refractivity contribution in [2.75, 3.05) is 7.05 Å². The molecule has 0 bridgehead atoms. The number of nitrogens with zero attached hydrogens (tertiary/aromatic N) is 1. The maximum Gasteiger partial charge on any atom is 0.243 e. The van der Waals surface area contributed by atoms with Gasteiger partial charge in [0.1, 0.15) is 0 Å². The molecule has 1 saturated heterocycles. The van der Waals surface area contributed by atoms with E-state index in [1.54, 1.807) is 22.5 Å². The third-order valence-electron chi connectivity index (χ3n) is 4.07. The summed E-state index contributed by atoms with van der Waals surface area (Å²) in [5.74, 6) is 0. The van der Waals surface area contributed by atoms with E-state index >= 15 is 0 Å². The highest BCUT2D eigenvalue weighted by atomic mass is 35.5. The molecule has 0 amide bonds. The van der Waals surface area contributed by atoms with Crippen molar-refractivity contribution < 1.29 is 8.42 Å². The Hall–Kier alpha value is -0.620. The van der Waals surface area contributed by atoms with Crippen molar-refractivity contribution in [3.8, 4) is 0 Å². The van der Waals surface area contributed by atoms with Crippen LogP contribution in [0, 0.1) is 0 Å². The van der Waals surface area contributed by atoms with Gasteiger partial charge < -0.3 is 5.32 Å². The topological polar surface area (TPSA) is 49.4 Å². The zero-order chi connectivity index (χ0) is 15.6. The van der Waals surface area contributed by atoms with E-state index in [1.165, 1.54) is 0 Å². The quantitative estimate of drug-likeness (QED) is 0.923. The van der Waals surface area contributed by atoms with Crippen LogP contribution in [0.1, 0.15) is 38.7 Å². The Kier molecular flexibility index (Phi) is 5.30. The molecule has 2 unspecified atom stereocenters. The van der Waals surface area contributed by atoms with Gasteiger partial charge in [0.2, 0.25) is 10.0 Å². The van der Waals surface area contributed by atoms with Crippen molar-refractivity contribution in [1.29, 1.82) is 0 Å². The lowest BCUT2D eigenvalue weighted by Gasteiger charge is -2.37. The molecule has 1 aliphatic rings. The van der Waals surface area contributed by atoms with Gasteiger partial charge in [-0.25, -0.2) is 8.42 Å². The third-order valence-corrected chi connectivity index (χ3v) is 6.57. The van der Waals surface area contributed by atoms with E-state index in [1.807, 2.05) is 20.9 Å². The summed E-state index contributed by atoms with van der Waals surface area (Å²) >= 11 is 6.12. The molecule has 0 saturated carbocycles. The second-order valence-corrected chi connectivity index (χ2v) is 8.00. The molecular formula is C15H23ClN2O2S. The number of benzene rings is 1. The number of piperidine rings is 1. The highest BCUT2D eigenvalue weighted by molar-refractivity contribution is 7.89. The number of halogens is 1. The molecule has 0 spiro atoms. The molecule has 1 heterocycles. The average molecular weight is 331 g/mol. The van der Waals surface area contributed by atoms with Crippen molar-refractivity contribution in [2.24, 2.45) is 0 Å². The Morgan fingerprint density at radius 2 is 1.90 bits per heavy atom. The van der Waals surface area contributed by atoms with Gasteiger partial charge in [-0.1, -0.05) is 18.0 Å². The van der Waals surface area contributed by atoms with Crippen LogP contribution in [0.4, 0.5) is 0 Å². The minimum atomic E-state index is -3.47. The zero-order valence-electron chi connectivity index (χ0n) is 12.8. The highest BCUT2D eigenvalue weighted by Gasteiger charge is 2.35. The molecule has 6 heteroatoms. The summed E-state index contributed by atoms with van der Waals surface area (Å²) < 4.78 is 27.5. The summed E-state index contributed by atoms with van der Waals surface area (Å²) in [7, 11) is -1.66. The predicted molar refractivity (Wildman–Crippen MR) is 86.0 cm³/mol. The van der Waals surface area contributed by atoms with E-state index in [9.17, 15) is 8.42 Å². The number of rotatable bonds is 4. The first kappa shape index (κ1) is 16.7. The largest absolute Gasteiger partial charge is 0.316 e. The van der Waals surface area contributed by atoms with Crippen LogP contribution in [-0.2, 0) is 16.6 Å². The molecular weight excluding hydrogens is 308 g/mol. The fraction of sp³-hybridized carbons (Fsp3) is 0.600. The van der Waals surface area contributed by atoms with Crippen LogP contribution in [0.3, 0.4) is 0 Å². The Balaban J connectivity index is 2.41. The van der Waals surface area contributed by atoms with Crippen LogP contribution < -0.4 is 5.32 Å². The first-order valence-corrected chi connectivity index (χ1v) is 9.16. The number of sulfonamides is 1. The molecule has 4 nitrogen and oxygen atoms in total. The molecule has 1 N–H and O–H groups in total. The SMILES string of the molecule is CNCc1cc(S(=O)(=O)N2C(C)CCCC2C)ccc1Cl. The standard InChI is InChI=1S/C15H23ClN2O2S/c1-11-5-4-6-12(2)18(11)21(19,20)14-7-8-15(16)13(9-14)10-17-3/h7-9,11-12,17H,4-6,10H2,1-3H3. The molecule has 0 aliphatic carbocycles. The minimum Gasteiger partial charge on any atom is -0.316 e. The smallest absolute Gasteiger partial charge is 0.243 e. The van der Waals surface area contributed by atoms with Gasteiger partial charge in [0.15, 0.2) is 0 Å². The molecule has 21 heavy (non-hydrogen) atoms. The van der Waals surface area contributed by atoms with Gasteiger partial charge >= 0.3 is 0 Å². The van der Waals surface area contributed by atoms with E-state index in [-0.39, 0.29) is 12.1 Å². The summed E-state index contributed by atoms with van der Waals surface area (Å²) in [6, 6.07) is 5.04. The maximum absolute atomic E-state index is 12.9. The normalized spacial score (nSPS) is 24.2. The average Bonchev–Trinajstić information content (AvgIpc) is 2.41. The summed E-state index contributed by atoms with van der Waals surface area (Å²) in [5, 5.41) is 3.59. The first-order valence-electron chi connectivity index (χ1n) is 7.34. The lowest BCUT2D eigenvalue weighted by atomic mass is 10.0. The van der Waals surface area contributed by atoms with Gasteiger partial charge in [0.05, 0.1) is 4.90 Å². The van der Waals surface area contributed by atoms with Crippen molar-refractivity contribution >= 4 is 21.6 Å². The van der Waals surface area contributed by atoms with Gasteiger partial charge in [0, 0.05) is 23.7 Å². The summed E-state index contributed by atoms with van der Waals surface area (Å²) in [6.07, 6.45) is 2.92. The highest BCUT2D eigenvalue weighted by Crippen LogP contribution is 2.30. The number of hydrogen-bond acceptors (Lipinski definition) is 3. The lowest BCUT2D eigenvalue weighted by Crippen LogP contribution is -2.47. The second-order valence-electron chi connectivity index (χ2n) is 5.75. The second kappa shape index (κ2) is 6.65. The predicted octanol–water partition coefficient (Wildman–Crippen LogP) is 3.01. The van der Waals surface area contributed by atoms with Crippen LogP contribution >= 0.6 is 11.6 Å². The van der Waals surface area contributed by atoms with E-state index < -0.39 is 10.0 Å². The van der Waals surface area contributed by atoms with Crippen LogP contribution in [-0.4, -0.2) is 31.9 Å². The van der Waals surface area contributed by atoms with Gasteiger partial charge in [0.25, 0.3) is 0 Å². The molecule has 1 aromatic rings. The molecule has 1 aromatic carbocycles. The Bertz CT molecular complexity index is 594. The molecule has 2 atom stereocenters. The van der Waals surface area contributed by atoms with E-state index in [0.717, 1.165) is 24.8 Å². The molecule has 1 fully saturated rings. The molecule has 0 radical (unpaired) electrons.